The summed E-state index contributed by atoms with van der Waals surface area (Å²) in [7, 11) is 0. The van der Waals surface area contributed by atoms with E-state index in [4.69, 9.17) is 9.84 Å². The fourth-order valence-electron chi connectivity index (χ4n) is 1.95. The predicted octanol–water partition coefficient (Wildman–Crippen LogP) is 4.90. The van der Waals surface area contributed by atoms with Crippen LogP contribution in [0, 0.1) is 13.8 Å². The Morgan fingerprint density at radius 2 is 1.70 bits per heavy atom. The Morgan fingerprint density at radius 1 is 1.05 bits per heavy atom. The van der Waals surface area contributed by atoms with Crippen LogP contribution in [0.2, 0.25) is 0 Å². The first-order valence-corrected chi connectivity index (χ1v) is 7.87. The molecule has 0 aliphatic rings. The number of aliphatic hydroxyl groups is 1. The lowest BCUT2D eigenvalue weighted by molar-refractivity contribution is 0.280. The Morgan fingerprint density at radius 3 is 2.30 bits per heavy atom. The molecule has 0 spiro atoms. The van der Waals surface area contributed by atoms with E-state index in [2.05, 4.69) is 63.9 Å². The quantitative estimate of drug-likeness (QED) is 0.792. The summed E-state index contributed by atoms with van der Waals surface area (Å²) >= 11 is 6.96. The molecule has 0 radical (unpaired) electrons. The molecule has 0 amide bonds. The monoisotopic (exact) mass is 398 g/mol. The average Bonchev–Trinajstić information content (AvgIpc) is 2.41. The Labute approximate surface area is 136 Å². The van der Waals surface area contributed by atoms with Crippen molar-refractivity contribution in [2.45, 2.75) is 27.1 Å². The van der Waals surface area contributed by atoms with Crippen LogP contribution in [0.1, 0.15) is 22.3 Å². The van der Waals surface area contributed by atoms with Gasteiger partial charge in [0.1, 0.15) is 12.4 Å². The lowest BCUT2D eigenvalue weighted by Crippen LogP contribution is -2.00. The normalized spacial score (nSPS) is 10.7. The summed E-state index contributed by atoms with van der Waals surface area (Å²) in [6, 6.07) is 10.1. The lowest BCUT2D eigenvalue weighted by Gasteiger charge is -2.13. The van der Waals surface area contributed by atoms with Gasteiger partial charge in [-0.3, -0.25) is 0 Å². The topological polar surface area (TPSA) is 29.5 Å². The smallest absolute Gasteiger partial charge is 0.148 e. The van der Waals surface area contributed by atoms with Crippen LogP contribution in [0.5, 0.6) is 5.75 Å². The molecular formula is C16H16Br2O2. The zero-order chi connectivity index (χ0) is 14.7. The predicted molar refractivity (Wildman–Crippen MR) is 88.0 cm³/mol. The van der Waals surface area contributed by atoms with Gasteiger partial charge >= 0.3 is 0 Å². The van der Waals surface area contributed by atoms with Gasteiger partial charge in [-0.25, -0.2) is 0 Å². The van der Waals surface area contributed by atoms with Crippen molar-refractivity contribution in [3.8, 4) is 5.75 Å². The molecular weight excluding hydrogens is 384 g/mol. The van der Waals surface area contributed by atoms with E-state index in [0.717, 1.165) is 20.3 Å². The zero-order valence-corrected chi connectivity index (χ0v) is 14.6. The third-order valence-corrected chi connectivity index (χ3v) is 4.30. The molecule has 2 nitrogen and oxygen atoms in total. The van der Waals surface area contributed by atoms with Crippen LogP contribution in [0.3, 0.4) is 0 Å². The first-order valence-electron chi connectivity index (χ1n) is 6.29. The number of rotatable bonds is 4. The molecule has 0 aliphatic heterocycles. The van der Waals surface area contributed by atoms with Gasteiger partial charge in [-0.1, -0.05) is 23.8 Å². The summed E-state index contributed by atoms with van der Waals surface area (Å²) in [5.74, 6) is 0.753. The van der Waals surface area contributed by atoms with Gasteiger partial charge in [-0.05, 0) is 74.5 Å². The average molecular weight is 400 g/mol. The number of hydrogen-bond acceptors (Lipinski definition) is 2. The summed E-state index contributed by atoms with van der Waals surface area (Å²) in [4.78, 5) is 0. The molecule has 20 heavy (non-hydrogen) atoms. The van der Waals surface area contributed by atoms with Gasteiger partial charge in [-0.2, -0.15) is 0 Å². The molecule has 0 fully saturated rings. The van der Waals surface area contributed by atoms with Crippen LogP contribution in [-0.4, -0.2) is 5.11 Å². The molecule has 0 bridgehead atoms. The van der Waals surface area contributed by atoms with Crippen LogP contribution in [0.4, 0.5) is 0 Å². The Bertz CT molecular complexity index is 601. The highest BCUT2D eigenvalue weighted by Crippen LogP contribution is 2.35. The largest absolute Gasteiger partial charge is 0.487 e. The van der Waals surface area contributed by atoms with Crippen LogP contribution >= 0.6 is 31.9 Å². The van der Waals surface area contributed by atoms with Gasteiger partial charge in [-0.15, -0.1) is 0 Å². The molecule has 4 heteroatoms. The molecule has 0 aromatic heterocycles. The summed E-state index contributed by atoms with van der Waals surface area (Å²) in [5.41, 5.74) is 4.45. The summed E-state index contributed by atoms with van der Waals surface area (Å²) < 4.78 is 7.58. The fraction of sp³-hybridized carbons (Fsp3) is 0.250. The van der Waals surface area contributed by atoms with Gasteiger partial charge in [0, 0.05) is 0 Å². The Kier molecular flexibility index (Phi) is 5.24. The molecule has 0 atom stereocenters. The van der Waals surface area contributed by atoms with Gasteiger partial charge in [0.25, 0.3) is 0 Å². The van der Waals surface area contributed by atoms with Crippen LogP contribution in [0.25, 0.3) is 0 Å². The summed E-state index contributed by atoms with van der Waals surface area (Å²) in [6.07, 6.45) is 0. The van der Waals surface area contributed by atoms with Crippen molar-refractivity contribution >= 4 is 31.9 Å². The number of ether oxygens (including phenoxy) is 1. The van der Waals surface area contributed by atoms with Gasteiger partial charge in [0.15, 0.2) is 0 Å². The van der Waals surface area contributed by atoms with Crippen molar-refractivity contribution in [1.82, 2.24) is 0 Å². The van der Waals surface area contributed by atoms with E-state index < -0.39 is 0 Å². The minimum atomic E-state index is 0.00840. The van der Waals surface area contributed by atoms with Gasteiger partial charge < -0.3 is 9.84 Å². The SMILES string of the molecule is Cc1ccc(C)c(COc2c(Br)cc(CO)cc2Br)c1. The van der Waals surface area contributed by atoms with Crippen molar-refractivity contribution in [2.75, 3.05) is 0 Å². The summed E-state index contributed by atoms with van der Waals surface area (Å²) in [6.45, 7) is 4.68. The highest BCUT2D eigenvalue weighted by atomic mass is 79.9. The maximum atomic E-state index is 9.17. The van der Waals surface area contributed by atoms with Crippen molar-refractivity contribution in [3.05, 3.63) is 61.5 Å². The minimum absolute atomic E-state index is 0.00840. The number of hydrogen-bond donors (Lipinski definition) is 1. The van der Waals surface area contributed by atoms with Crippen molar-refractivity contribution in [1.29, 1.82) is 0 Å². The number of benzene rings is 2. The molecule has 0 unspecified atom stereocenters. The molecule has 1 N–H and O–H groups in total. The third kappa shape index (κ3) is 3.62. The van der Waals surface area contributed by atoms with Gasteiger partial charge in [0.05, 0.1) is 15.6 Å². The third-order valence-electron chi connectivity index (χ3n) is 3.12. The van der Waals surface area contributed by atoms with Crippen LogP contribution in [0.15, 0.2) is 39.3 Å². The van der Waals surface area contributed by atoms with E-state index in [1.54, 1.807) is 0 Å². The Hall–Kier alpha value is -0.840. The molecule has 2 rings (SSSR count). The number of aryl methyl sites for hydroxylation is 2. The molecule has 106 valence electrons. The molecule has 0 saturated carbocycles. The van der Waals surface area contributed by atoms with Crippen molar-refractivity contribution in [3.63, 3.8) is 0 Å². The highest BCUT2D eigenvalue weighted by molar-refractivity contribution is 9.11. The number of aliphatic hydroxyl groups excluding tert-OH is 1. The molecule has 0 heterocycles. The van der Waals surface area contributed by atoms with Gasteiger partial charge in [0.2, 0.25) is 0 Å². The van der Waals surface area contributed by atoms with E-state index >= 15 is 0 Å². The molecule has 2 aromatic carbocycles. The van der Waals surface area contributed by atoms with Crippen molar-refractivity contribution < 1.29 is 9.84 Å². The van der Waals surface area contributed by atoms with Crippen molar-refractivity contribution in [2.24, 2.45) is 0 Å². The van der Waals surface area contributed by atoms with Crippen LogP contribution < -0.4 is 4.74 Å². The molecule has 2 aromatic rings. The first-order chi connectivity index (χ1) is 9.51. The maximum absolute atomic E-state index is 9.17. The standard InChI is InChI=1S/C16H16Br2O2/c1-10-3-4-11(2)13(5-10)9-20-16-14(17)6-12(8-19)7-15(16)18/h3-7,19H,8-9H2,1-2H3. The zero-order valence-electron chi connectivity index (χ0n) is 11.4. The van der Waals surface area contributed by atoms with E-state index in [9.17, 15) is 0 Å². The van der Waals surface area contributed by atoms with Crippen LogP contribution in [-0.2, 0) is 13.2 Å². The summed E-state index contributed by atoms with van der Waals surface area (Å²) in [5, 5.41) is 9.17. The van der Waals surface area contributed by atoms with E-state index in [1.807, 2.05) is 12.1 Å². The lowest BCUT2D eigenvalue weighted by atomic mass is 10.1. The second-order valence-corrected chi connectivity index (χ2v) is 6.47. The maximum Gasteiger partial charge on any atom is 0.148 e. The molecule has 0 aliphatic carbocycles. The van der Waals surface area contributed by atoms with E-state index in [-0.39, 0.29) is 6.61 Å². The second kappa shape index (κ2) is 6.74. The first kappa shape index (κ1) is 15.5. The second-order valence-electron chi connectivity index (χ2n) is 4.77. The Balaban J connectivity index is 2.21. The number of halogens is 2. The molecule has 0 saturated heterocycles. The fourth-order valence-corrected chi connectivity index (χ4v) is 3.46. The van der Waals surface area contributed by atoms with E-state index in [0.29, 0.717) is 6.61 Å². The highest BCUT2D eigenvalue weighted by Gasteiger charge is 2.10. The van der Waals surface area contributed by atoms with E-state index in [1.165, 1.54) is 16.7 Å². The minimum Gasteiger partial charge on any atom is -0.487 e.